The predicted molar refractivity (Wildman–Crippen MR) is 73.0 cm³/mol. The number of amides is 1. The van der Waals surface area contributed by atoms with Gasteiger partial charge in [0, 0.05) is 12.1 Å². The van der Waals surface area contributed by atoms with Gasteiger partial charge in [-0.1, -0.05) is 24.3 Å². The molecular weight excluding hydrogens is 276 g/mol. The summed E-state index contributed by atoms with van der Waals surface area (Å²) in [4.78, 5) is 13.9. The third kappa shape index (κ3) is 2.59. The number of carbonyl (C=O) groups excluding carboxylic acids is 1. The lowest BCUT2D eigenvalue weighted by atomic mass is 10.1. The molecule has 0 unspecified atom stereocenters. The molecule has 2 aromatic carbocycles. The maximum Gasteiger partial charge on any atom is 0.257 e. The Morgan fingerprint density at radius 3 is 2.76 bits per heavy atom. The SMILES string of the molecule is O=C(c1cccc(F)c1F)N1CCOc2ccccc2C1. The zero-order valence-electron chi connectivity index (χ0n) is 11.2. The summed E-state index contributed by atoms with van der Waals surface area (Å²) in [6, 6.07) is 11.0. The van der Waals surface area contributed by atoms with Crippen molar-refractivity contribution in [1.82, 2.24) is 4.90 Å². The number of halogens is 2. The Balaban J connectivity index is 1.90. The van der Waals surface area contributed by atoms with Crippen molar-refractivity contribution in [2.24, 2.45) is 0 Å². The predicted octanol–water partition coefficient (Wildman–Crippen LogP) is 3.00. The Morgan fingerprint density at radius 1 is 1.10 bits per heavy atom. The first-order chi connectivity index (χ1) is 10.2. The van der Waals surface area contributed by atoms with Gasteiger partial charge in [-0.2, -0.15) is 0 Å². The molecule has 0 radical (unpaired) electrons. The third-order valence-electron chi connectivity index (χ3n) is 3.42. The quantitative estimate of drug-likeness (QED) is 0.807. The summed E-state index contributed by atoms with van der Waals surface area (Å²) in [5, 5.41) is 0. The average Bonchev–Trinajstić information content (AvgIpc) is 2.71. The van der Waals surface area contributed by atoms with Crippen LogP contribution in [0.1, 0.15) is 15.9 Å². The standard InChI is InChI=1S/C16H13F2NO2/c17-13-6-3-5-12(15(13)18)16(20)19-8-9-21-14-7-2-1-4-11(14)10-19/h1-7H,8-10H2. The van der Waals surface area contributed by atoms with Crippen LogP contribution < -0.4 is 4.74 Å². The minimum Gasteiger partial charge on any atom is -0.491 e. The molecular formula is C16H13F2NO2. The summed E-state index contributed by atoms with van der Waals surface area (Å²) in [5.74, 6) is -1.95. The molecule has 108 valence electrons. The maximum absolute atomic E-state index is 13.8. The van der Waals surface area contributed by atoms with Gasteiger partial charge in [0.25, 0.3) is 5.91 Å². The van der Waals surface area contributed by atoms with Crippen molar-refractivity contribution < 1.29 is 18.3 Å². The number of para-hydroxylation sites is 1. The van der Waals surface area contributed by atoms with Gasteiger partial charge in [-0.25, -0.2) is 8.78 Å². The van der Waals surface area contributed by atoms with Gasteiger partial charge in [0.2, 0.25) is 0 Å². The Hall–Kier alpha value is -2.43. The van der Waals surface area contributed by atoms with E-state index >= 15 is 0 Å². The summed E-state index contributed by atoms with van der Waals surface area (Å²) in [6.45, 7) is 0.952. The first-order valence-corrected chi connectivity index (χ1v) is 6.61. The Labute approximate surface area is 120 Å². The van der Waals surface area contributed by atoms with E-state index in [1.165, 1.54) is 17.0 Å². The second kappa shape index (κ2) is 5.52. The van der Waals surface area contributed by atoms with Crippen LogP contribution in [-0.2, 0) is 6.54 Å². The van der Waals surface area contributed by atoms with Crippen molar-refractivity contribution in [2.75, 3.05) is 13.2 Å². The minimum absolute atomic E-state index is 0.255. The van der Waals surface area contributed by atoms with E-state index in [1.807, 2.05) is 24.3 Å². The topological polar surface area (TPSA) is 29.5 Å². The maximum atomic E-state index is 13.8. The van der Waals surface area contributed by atoms with E-state index in [-0.39, 0.29) is 5.56 Å². The Bertz CT molecular complexity index is 688. The van der Waals surface area contributed by atoms with Crippen LogP contribution >= 0.6 is 0 Å². The number of benzene rings is 2. The Morgan fingerprint density at radius 2 is 1.90 bits per heavy atom. The van der Waals surface area contributed by atoms with E-state index in [0.29, 0.717) is 25.4 Å². The molecule has 0 N–H and O–H groups in total. The van der Waals surface area contributed by atoms with Gasteiger partial charge >= 0.3 is 0 Å². The molecule has 21 heavy (non-hydrogen) atoms. The molecule has 0 saturated carbocycles. The van der Waals surface area contributed by atoms with Crippen LogP contribution in [0.15, 0.2) is 42.5 Å². The molecule has 1 heterocycles. The molecule has 2 aromatic rings. The van der Waals surface area contributed by atoms with Crippen molar-refractivity contribution in [3.05, 3.63) is 65.2 Å². The van der Waals surface area contributed by atoms with Crippen molar-refractivity contribution in [1.29, 1.82) is 0 Å². The molecule has 0 fully saturated rings. The number of hydrogen-bond acceptors (Lipinski definition) is 2. The van der Waals surface area contributed by atoms with Gasteiger partial charge in [0.1, 0.15) is 12.4 Å². The molecule has 1 amide bonds. The van der Waals surface area contributed by atoms with E-state index in [4.69, 9.17) is 4.74 Å². The van der Waals surface area contributed by atoms with Gasteiger partial charge in [0.15, 0.2) is 11.6 Å². The van der Waals surface area contributed by atoms with Crippen molar-refractivity contribution in [2.45, 2.75) is 6.54 Å². The lowest BCUT2D eigenvalue weighted by molar-refractivity contribution is 0.0727. The number of carbonyl (C=O) groups is 1. The second-order valence-corrected chi connectivity index (χ2v) is 4.78. The highest BCUT2D eigenvalue weighted by atomic mass is 19.2. The molecule has 0 bridgehead atoms. The highest BCUT2D eigenvalue weighted by Gasteiger charge is 2.24. The normalized spacial score (nSPS) is 14.1. The molecule has 0 saturated heterocycles. The first kappa shape index (κ1) is 13.5. The number of hydrogen-bond donors (Lipinski definition) is 0. The van der Waals surface area contributed by atoms with Crippen molar-refractivity contribution in [3.8, 4) is 5.75 Å². The summed E-state index contributed by atoms with van der Waals surface area (Å²) >= 11 is 0. The van der Waals surface area contributed by atoms with E-state index < -0.39 is 17.5 Å². The summed E-state index contributed by atoms with van der Waals surface area (Å²) in [6.07, 6.45) is 0. The van der Waals surface area contributed by atoms with Crippen LogP contribution in [0.25, 0.3) is 0 Å². The smallest absolute Gasteiger partial charge is 0.257 e. The van der Waals surface area contributed by atoms with Gasteiger partial charge < -0.3 is 9.64 Å². The fraction of sp³-hybridized carbons (Fsp3) is 0.188. The largest absolute Gasteiger partial charge is 0.491 e. The molecule has 1 aliphatic rings. The van der Waals surface area contributed by atoms with Gasteiger partial charge in [-0.3, -0.25) is 4.79 Å². The van der Waals surface area contributed by atoms with Crippen LogP contribution in [0.5, 0.6) is 5.75 Å². The van der Waals surface area contributed by atoms with Crippen LogP contribution in [0.4, 0.5) is 8.78 Å². The fourth-order valence-electron chi connectivity index (χ4n) is 2.34. The summed E-state index contributed by atoms with van der Waals surface area (Å²) in [5.41, 5.74) is 0.592. The lowest BCUT2D eigenvalue weighted by Gasteiger charge is -2.20. The average molecular weight is 289 g/mol. The minimum atomic E-state index is -1.11. The van der Waals surface area contributed by atoms with Gasteiger partial charge in [-0.05, 0) is 18.2 Å². The zero-order chi connectivity index (χ0) is 14.8. The van der Waals surface area contributed by atoms with E-state index in [1.54, 1.807) is 0 Å². The van der Waals surface area contributed by atoms with Crippen molar-refractivity contribution in [3.63, 3.8) is 0 Å². The highest BCUT2D eigenvalue weighted by molar-refractivity contribution is 5.94. The molecule has 0 aliphatic carbocycles. The molecule has 0 aromatic heterocycles. The Kier molecular flexibility index (Phi) is 3.56. The van der Waals surface area contributed by atoms with Crippen LogP contribution in [0, 0.1) is 11.6 Å². The monoisotopic (exact) mass is 289 g/mol. The summed E-state index contributed by atoms with van der Waals surface area (Å²) in [7, 11) is 0. The fourth-order valence-corrected chi connectivity index (χ4v) is 2.34. The van der Waals surface area contributed by atoms with E-state index in [2.05, 4.69) is 0 Å². The van der Waals surface area contributed by atoms with Gasteiger partial charge in [0.05, 0.1) is 12.1 Å². The highest BCUT2D eigenvalue weighted by Crippen LogP contribution is 2.24. The molecule has 0 spiro atoms. The molecule has 3 nitrogen and oxygen atoms in total. The number of fused-ring (bicyclic) bond motifs is 1. The first-order valence-electron chi connectivity index (χ1n) is 6.61. The molecule has 1 aliphatic heterocycles. The molecule has 0 atom stereocenters. The second-order valence-electron chi connectivity index (χ2n) is 4.78. The van der Waals surface area contributed by atoms with Crippen LogP contribution in [0.2, 0.25) is 0 Å². The van der Waals surface area contributed by atoms with Crippen LogP contribution in [0.3, 0.4) is 0 Å². The van der Waals surface area contributed by atoms with E-state index in [0.717, 1.165) is 11.6 Å². The number of rotatable bonds is 1. The molecule has 5 heteroatoms. The number of nitrogens with zero attached hydrogens (tertiary/aromatic N) is 1. The number of ether oxygens (including phenoxy) is 1. The molecule has 3 rings (SSSR count). The summed E-state index contributed by atoms with van der Waals surface area (Å²) < 4.78 is 32.6. The van der Waals surface area contributed by atoms with Gasteiger partial charge in [-0.15, -0.1) is 0 Å². The zero-order valence-corrected chi connectivity index (χ0v) is 11.2. The van der Waals surface area contributed by atoms with Crippen molar-refractivity contribution >= 4 is 5.91 Å². The lowest BCUT2D eigenvalue weighted by Crippen LogP contribution is -2.33. The van der Waals surface area contributed by atoms with Crippen LogP contribution in [-0.4, -0.2) is 24.0 Å². The third-order valence-corrected chi connectivity index (χ3v) is 3.42. The van der Waals surface area contributed by atoms with E-state index in [9.17, 15) is 13.6 Å².